The average molecular weight is 326 g/mol. The molecule has 3 rings (SSSR count). The molecule has 1 aromatic heterocycles. The van der Waals surface area contributed by atoms with E-state index in [1.807, 2.05) is 17.9 Å². The number of fused-ring (bicyclic) bond motifs is 4. The lowest BCUT2D eigenvalue weighted by molar-refractivity contribution is 0.0402. The summed E-state index contributed by atoms with van der Waals surface area (Å²) in [5.41, 5.74) is 2.14. The number of halogens is 1. The van der Waals surface area contributed by atoms with Gasteiger partial charge in [-0.25, -0.2) is 4.79 Å². The summed E-state index contributed by atoms with van der Waals surface area (Å²) in [6, 6.07) is 2.29. The zero-order valence-electron chi connectivity index (χ0n) is 10.8. The highest BCUT2D eigenvalue weighted by Gasteiger charge is 2.41. The van der Waals surface area contributed by atoms with Crippen molar-refractivity contribution in [2.45, 2.75) is 44.7 Å². The second-order valence-corrected chi connectivity index (χ2v) is 5.79. The third-order valence-corrected chi connectivity index (χ3v) is 4.27. The summed E-state index contributed by atoms with van der Waals surface area (Å²) >= 11 is 3.36. The Morgan fingerprint density at radius 3 is 3.16 bits per heavy atom. The average Bonchev–Trinajstić information content (AvgIpc) is 2.39. The number of carbonyl (C=O) groups excluding carboxylic acids is 1. The number of rotatable bonds is 1. The molecule has 0 aliphatic carbocycles. The van der Waals surface area contributed by atoms with Crippen LogP contribution in [-0.2, 0) is 11.2 Å². The molecule has 3 heterocycles. The van der Waals surface area contributed by atoms with Crippen LogP contribution in [0.15, 0.2) is 10.7 Å². The van der Waals surface area contributed by atoms with Crippen LogP contribution in [0.5, 0.6) is 0 Å². The van der Waals surface area contributed by atoms with Gasteiger partial charge in [-0.3, -0.25) is 4.90 Å². The molecule has 0 spiro atoms. The smallest absolute Gasteiger partial charge is 0.410 e. The van der Waals surface area contributed by atoms with Gasteiger partial charge in [0, 0.05) is 18.0 Å². The van der Waals surface area contributed by atoms with Gasteiger partial charge in [0.25, 0.3) is 0 Å². The van der Waals surface area contributed by atoms with Crippen LogP contribution in [0.2, 0.25) is 0 Å². The van der Waals surface area contributed by atoms with Gasteiger partial charge < -0.3 is 4.74 Å². The highest BCUT2D eigenvalue weighted by atomic mass is 79.9. The van der Waals surface area contributed by atoms with Crippen molar-refractivity contribution in [1.29, 1.82) is 0 Å². The number of hydrogen-bond acceptors (Lipinski definition) is 4. The quantitative estimate of drug-likeness (QED) is 0.796. The van der Waals surface area contributed by atoms with E-state index < -0.39 is 0 Å². The first kappa shape index (κ1) is 12.8. The molecule has 1 fully saturated rings. The Hall–Kier alpha value is -1.17. The third kappa shape index (κ3) is 2.22. The molecule has 2 unspecified atom stereocenters. The maximum Gasteiger partial charge on any atom is 0.410 e. The molecule has 2 bridgehead atoms. The summed E-state index contributed by atoms with van der Waals surface area (Å²) in [6.07, 6.45) is 3.72. The lowest BCUT2D eigenvalue weighted by atomic mass is 9.83. The van der Waals surface area contributed by atoms with Crippen molar-refractivity contribution in [3.8, 4) is 0 Å². The maximum atomic E-state index is 12.2. The van der Waals surface area contributed by atoms with E-state index >= 15 is 0 Å². The maximum absolute atomic E-state index is 12.2. The number of carbonyl (C=O) groups is 1. The Morgan fingerprint density at radius 1 is 1.53 bits per heavy atom. The molecule has 1 amide bonds. The molecule has 1 saturated heterocycles. The topological polar surface area (TPSA) is 55.3 Å². The van der Waals surface area contributed by atoms with Crippen molar-refractivity contribution in [3.05, 3.63) is 21.9 Å². The van der Waals surface area contributed by atoms with E-state index in [0.717, 1.165) is 41.5 Å². The van der Waals surface area contributed by atoms with Crippen molar-refractivity contribution in [2.75, 3.05) is 6.61 Å². The molecule has 5 nitrogen and oxygen atoms in total. The second kappa shape index (κ2) is 5.07. The highest BCUT2D eigenvalue weighted by molar-refractivity contribution is 9.10. The molecule has 2 aliphatic rings. The van der Waals surface area contributed by atoms with Gasteiger partial charge in [0.05, 0.1) is 18.3 Å². The molecule has 0 saturated carbocycles. The number of ether oxygens (including phenoxy) is 1. The van der Waals surface area contributed by atoms with E-state index in [1.165, 1.54) is 0 Å². The monoisotopic (exact) mass is 325 g/mol. The molecule has 2 aliphatic heterocycles. The molecular formula is C13H16BrN3O2. The number of nitrogens with zero attached hydrogens (tertiary/aromatic N) is 3. The van der Waals surface area contributed by atoms with E-state index in [9.17, 15) is 4.79 Å². The summed E-state index contributed by atoms with van der Waals surface area (Å²) in [4.78, 5) is 14.1. The zero-order valence-corrected chi connectivity index (χ0v) is 12.4. The fraction of sp³-hybridized carbons (Fsp3) is 0.615. The molecule has 0 N–H and O–H groups in total. The summed E-state index contributed by atoms with van der Waals surface area (Å²) in [6.45, 7) is 2.26. The van der Waals surface area contributed by atoms with Crippen LogP contribution in [-0.4, -0.2) is 33.8 Å². The Bertz CT molecular complexity index is 509. The first-order chi connectivity index (χ1) is 9.20. The molecule has 6 heteroatoms. The molecule has 0 radical (unpaired) electrons. The SMILES string of the molecule is CCOC(=O)N1C2CCCC1c1cc(Br)nnc1C2. The van der Waals surface area contributed by atoms with E-state index in [1.54, 1.807) is 0 Å². The lowest BCUT2D eigenvalue weighted by Crippen LogP contribution is -2.50. The van der Waals surface area contributed by atoms with Crippen molar-refractivity contribution in [3.63, 3.8) is 0 Å². The highest BCUT2D eigenvalue weighted by Crippen LogP contribution is 2.41. The van der Waals surface area contributed by atoms with Gasteiger partial charge in [-0.1, -0.05) is 0 Å². The number of piperidine rings is 1. The van der Waals surface area contributed by atoms with Gasteiger partial charge in [-0.2, -0.15) is 5.10 Å². The van der Waals surface area contributed by atoms with Gasteiger partial charge in [-0.15, -0.1) is 5.10 Å². The first-order valence-electron chi connectivity index (χ1n) is 6.67. The van der Waals surface area contributed by atoms with Crippen LogP contribution in [0, 0.1) is 0 Å². The first-order valence-corrected chi connectivity index (χ1v) is 7.47. The molecule has 102 valence electrons. The second-order valence-electron chi connectivity index (χ2n) is 4.98. The summed E-state index contributed by atoms with van der Waals surface area (Å²) in [7, 11) is 0. The lowest BCUT2D eigenvalue weighted by Gasteiger charge is -2.45. The van der Waals surface area contributed by atoms with Crippen molar-refractivity contribution in [2.24, 2.45) is 0 Å². The van der Waals surface area contributed by atoms with Crippen LogP contribution >= 0.6 is 15.9 Å². The Labute approximate surface area is 120 Å². The molecule has 0 aromatic carbocycles. The predicted octanol–water partition coefficient (Wildman–Crippen LogP) is 2.85. The van der Waals surface area contributed by atoms with Crippen LogP contribution in [0.3, 0.4) is 0 Å². The molecule has 1 aromatic rings. The Kier molecular flexibility index (Phi) is 3.43. The van der Waals surface area contributed by atoms with E-state index in [-0.39, 0.29) is 18.2 Å². The van der Waals surface area contributed by atoms with Crippen LogP contribution in [0.1, 0.15) is 43.5 Å². The van der Waals surface area contributed by atoms with E-state index in [2.05, 4.69) is 26.1 Å². The van der Waals surface area contributed by atoms with Crippen LogP contribution in [0.25, 0.3) is 0 Å². The standard InChI is InChI=1S/C13H16BrN3O2/c1-2-19-13(18)17-8-4-3-5-11(17)9-7-12(14)16-15-10(9)6-8/h7-8,11H,2-6H2,1H3. The minimum Gasteiger partial charge on any atom is -0.450 e. The third-order valence-electron chi connectivity index (χ3n) is 3.88. The van der Waals surface area contributed by atoms with Crippen molar-refractivity contribution in [1.82, 2.24) is 15.1 Å². The Morgan fingerprint density at radius 2 is 2.37 bits per heavy atom. The van der Waals surface area contributed by atoms with E-state index in [0.29, 0.717) is 6.61 Å². The van der Waals surface area contributed by atoms with Gasteiger partial charge in [0.1, 0.15) is 4.60 Å². The molecular weight excluding hydrogens is 310 g/mol. The van der Waals surface area contributed by atoms with E-state index in [4.69, 9.17) is 4.74 Å². The number of hydrogen-bond donors (Lipinski definition) is 0. The van der Waals surface area contributed by atoms with Crippen molar-refractivity contribution >= 4 is 22.0 Å². The molecule has 2 atom stereocenters. The molecule has 19 heavy (non-hydrogen) atoms. The van der Waals surface area contributed by atoms with Crippen molar-refractivity contribution < 1.29 is 9.53 Å². The summed E-state index contributed by atoms with van der Waals surface area (Å²) in [5, 5.41) is 8.32. The van der Waals surface area contributed by atoms with Gasteiger partial charge in [0.2, 0.25) is 0 Å². The van der Waals surface area contributed by atoms with Gasteiger partial charge in [-0.05, 0) is 48.2 Å². The summed E-state index contributed by atoms with van der Waals surface area (Å²) < 4.78 is 5.92. The van der Waals surface area contributed by atoms with Crippen LogP contribution < -0.4 is 0 Å². The number of aromatic nitrogens is 2. The Balaban J connectivity index is 1.99. The summed E-state index contributed by atoms with van der Waals surface area (Å²) in [5.74, 6) is 0. The zero-order chi connectivity index (χ0) is 13.4. The fourth-order valence-corrected chi connectivity index (χ4v) is 3.46. The van der Waals surface area contributed by atoms with Gasteiger partial charge >= 0.3 is 6.09 Å². The minimum absolute atomic E-state index is 0.0911. The normalized spacial score (nSPS) is 24.8. The number of amides is 1. The minimum atomic E-state index is -0.198. The fourth-order valence-electron chi connectivity index (χ4n) is 3.14. The van der Waals surface area contributed by atoms with Gasteiger partial charge in [0.15, 0.2) is 0 Å². The predicted molar refractivity (Wildman–Crippen MR) is 72.7 cm³/mol. The van der Waals surface area contributed by atoms with Crippen LogP contribution in [0.4, 0.5) is 4.79 Å². The largest absolute Gasteiger partial charge is 0.450 e.